The van der Waals surface area contributed by atoms with E-state index in [9.17, 15) is 4.79 Å². The summed E-state index contributed by atoms with van der Waals surface area (Å²) in [5, 5.41) is 3.26. The van der Waals surface area contributed by atoms with Crippen molar-refractivity contribution >= 4 is 38.6 Å². The largest absolute Gasteiger partial charge is 0.370 e. The smallest absolute Gasteiger partial charge is 0.220 e. The van der Waals surface area contributed by atoms with E-state index in [0.717, 1.165) is 47.1 Å². The lowest BCUT2D eigenvalue weighted by atomic mass is 10.0. The number of hydrogen-bond donors (Lipinski definition) is 1. The summed E-state index contributed by atoms with van der Waals surface area (Å²) >= 11 is 3.46. The van der Waals surface area contributed by atoms with Crippen molar-refractivity contribution in [1.82, 2.24) is 15.3 Å². The van der Waals surface area contributed by atoms with E-state index in [-0.39, 0.29) is 5.91 Å². The predicted molar refractivity (Wildman–Crippen MR) is 107 cm³/mol. The van der Waals surface area contributed by atoms with Gasteiger partial charge >= 0.3 is 0 Å². The van der Waals surface area contributed by atoms with Gasteiger partial charge in [-0.1, -0.05) is 12.8 Å². The maximum atomic E-state index is 12.3. The molecule has 2 aromatic heterocycles. The first-order valence-electron chi connectivity index (χ1n) is 9.63. The van der Waals surface area contributed by atoms with E-state index in [1.807, 2.05) is 24.5 Å². The van der Waals surface area contributed by atoms with Crippen molar-refractivity contribution in [2.24, 2.45) is 5.92 Å². The average molecular weight is 417 g/mol. The van der Waals surface area contributed by atoms with E-state index < -0.39 is 0 Å². The molecule has 0 aromatic carbocycles. The molecule has 26 heavy (non-hydrogen) atoms. The van der Waals surface area contributed by atoms with Crippen LogP contribution in [0.25, 0.3) is 11.0 Å². The van der Waals surface area contributed by atoms with Gasteiger partial charge in [-0.25, -0.2) is 0 Å². The molecule has 1 amide bonds. The Hall–Kier alpha value is -1.69. The van der Waals surface area contributed by atoms with E-state index in [0.29, 0.717) is 18.4 Å². The monoisotopic (exact) mass is 416 g/mol. The number of nitrogens with one attached hydrogen (secondary N) is 1. The molecule has 0 bridgehead atoms. The number of carbonyl (C=O) groups excluding carboxylic acids is 1. The highest BCUT2D eigenvalue weighted by Crippen LogP contribution is 2.29. The van der Waals surface area contributed by atoms with Gasteiger partial charge in [0.2, 0.25) is 5.91 Å². The molecule has 3 heterocycles. The lowest BCUT2D eigenvalue weighted by molar-refractivity contribution is -0.122. The third-order valence-electron chi connectivity index (χ3n) is 5.67. The lowest BCUT2D eigenvalue weighted by Crippen LogP contribution is -2.45. The fourth-order valence-corrected chi connectivity index (χ4v) is 4.59. The van der Waals surface area contributed by atoms with Crippen LogP contribution in [0, 0.1) is 5.92 Å². The van der Waals surface area contributed by atoms with Crippen LogP contribution >= 0.6 is 15.9 Å². The number of nitrogens with zero attached hydrogens (tertiary/aromatic N) is 3. The van der Waals surface area contributed by atoms with Crippen molar-refractivity contribution in [2.45, 2.75) is 51.0 Å². The van der Waals surface area contributed by atoms with Crippen LogP contribution in [-0.2, 0) is 4.79 Å². The van der Waals surface area contributed by atoms with Gasteiger partial charge < -0.3 is 10.2 Å². The van der Waals surface area contributed by atoms with Crippen molar-refractivity contribution in [3.8, 4) is 0 Å². The van der Waals surface area contributed by atoms with Crippen LogP contribution in [0.5, 0.6) is 0 Å². The van der Waals surface area contributed by atoms with Crippen molar-refractivity contribution in [3.63, 3.8) is 0 Å². The van der Waals surface area contributed by atoms with Crippen molar-refractivity contribution in [1.29, 1.82) is 0 Å². The molecule has 138 valence electrons. The molecule has 1 saturated heterocycles. The maximum absolute atomic E-state index is 12.3. The maximum Gasteiger partial charge on any atom is 0.220 e. The van der Waals surface area contributed by atoms with Gasteiger partial charge in [0, 0.05) is 42.4 Å². The molecule has 0 spiro atoms. The fourth-order valence-electron chi connectivity index (χ4n) is 4.27. The second kappa shape index (κ2) is 7.91. The third-order valence-corrected chi connectivity index (χ3v) is 6.11. The Bertz CT molecular complexity index is 782. The molecule has 0 radical (unpaired) electrons. The summed E-state index contributed by atoms with van der Waals surface area (Å²) in [5.41, 5.74) is 2.99. The molecule has 1 N–H and O–H groups in total. The first-order chi connectivity index (χ1) is 12.7. The van der Waals surface area contributed by atoms with Crippen LogP contribution in [0.2, 0.25) is 0 Å². The Kier molecular flexibility index (Phi) is 5.38. The number of hydrogen-bond acceptors (Lipinski definition) is 4. The number of amides is 1. The molecule has 1 saturated carbocycles. The number of carbonyl (C=O) groups is 1. The lowest BCUT2D eigenvalue weighted by Gasteiger charge is -2.34. The highest BCUT2D eigenvalue weighted by Gasteiger charge is 2.24. The SMILES string of the molecule is O=C(CC1CCCC1)NC1CCN(c2ccnc3cc(Br)cnc23)CC1. The number of aromatic nitrogens is 2. The van der Waals surface area contributed by atoms with Crippen LogP contribution < -0.4 is 10.2 Å². The molecule has 2 aliphatic rings. The number of rotatable bonds is 4. The van der Waals surface area contributed by atoms with Crippen LogP contribution in [0.15, 0.2) is 29.0 Å². The quantitative estimate of drug-likeness (QED) is 0.815. The molecule has 0 unspecified atom stereocenters. The van der Waals surface area contributed by atoms with Gasteiger partial charge in [0.25, 0.3) is 0 Å². The standard InChI is InChI=1S/C20H25BrN4O/c21-15-12-17-20(23-13-15)18(5-8-22-17)25-9-6-16(7-10-25)24-19(26)11-14-3-1-2-4-14/h5,8,12-14,16H,1-4,6-7,9-11H2,(H,24,26). The van der Waals surface area contributed by atoms with E-state index in [1.54, 1.807) is 0 Å². The molecular formula is C20H25BrN4O. The predicted octanol–water partition coefficient (Wildman–Crippen LogP) is 4.06. The number of pyridine rings is 2. The van der Waals surface area contributed by atoms with Crippen molar-refractivity contribution < 1.29 is 4.79 Å². The first kappa shape index (κ1) is 17.7. The van der Waals surface area contributed by atoms with Gasteiger partial charge in [-0.2, -0.15) is 0 Å². The highest BCUT2D eigenvalue weighted by atomic mass is 79.9. The van der Waals surface area contributed by atoms with Crippen LogP contribution in [0.3, 0.4) is 0 Å². The van der Waals surface area contributed by atoms with Gasteiger partial charge in [0.05, 0.1) is 11.2 Å². The van der Waals surface area contributed by atoms with Crippen molar-refractivity contribution in [3.05, 3.63) is 29.0 Å². The summed E-state index contributed by atoms with van der Waals surface area (Å²) in [7, 11) is 0. The Morgan fingerprint density at radius 1 is 1.19 bits per heavy atom. The second-order valence-corrected chi connectivity index (χ2v) is 8.45. The van der Waals surface area contributed by atoms with Gasteiger partial charge in [0.15, 0.2) is 0 Å². The first-order valence-corrected chi connectivity index (χ1v) is 10.4. The molecule has 2 aromatic rings. The zero-order valence-corrected chi connectivity index (χ0v) is 16.5. The molecule has 6 heteroatoms. The zero-order chi connectivity index (χ0) is 17.9. The van der Waals surface area contributed by atoms with Crippen LogP contribution in [0.4, 0.5) is 5.69 Å². The molecule has 0 atom stereocenters. The third kappa shape index (κ3) is 4.00. The summed E-state index contributed by atoms with van der Waals surface area (Å²) in [6, 6.07) is 4.35. The Morgan fingerprint density at radius 3 is 2.73 bits per heavy atom. The summed E-state index contributed by atoms with van der Waals surface area (Å²) in [6.45, 7) is 1.87. The fraction of sp³-hybridized carbons (Fsp3) is 0.550. The Morgan fingerprint density at radius 2 is 1.96 bits per heavy atom. The average Bonchev–Trinajstić information content (AvgIpc) is 3.14. The summed E-state index contributed by atoms with van der Waals surface area (Å²) in [5.74, 6) is 0.861. The molecular weight excluding hydrogens is 392 g/mol. The van der Waals surface area contributed by atoms with Crippen LogP contribution in [-0.4, -0.2) is 35.0 Å². The van der Waals surface area contributed by atoms with E-state index in [1.165, 1.54) is 25.7 Å². The minimum absolute atomic E-state index is 0.247. The summed E-state index contributed by atoms with van der Waals surface area (Å²) in [4.78, 5) is 23.6. The minimum Gasteiger partial charge on any atom is -0.370 e. The summed E-state index contributed by atoms with van der Waals surface area (Å²) in [6.07, 6.45) is 11.4. The van der Waals surface area contributed by atoms with Crippen molar-refractivity contribution in [2.75, 3.05) is 18.0 Å². The Labute approximate surface area is 162 Å². The second-order valence-electron chi connectivity index (χ2n) is 7.53. The number of fused-ring (bicyclic) bond motifs is 1. The number of anilines is 1. The molecule has 5 nitrogen and oxygen atoms in total. The highest BCUT2D eigenvalue weighted by molar-refractivity contribution is 9.10. The van der Waals surface area contributed by atoms with Gasteiger partial charge in [-0.05, 0) is 59.7 Å². The minimum atomic E-state index is 0.247. The van der Waals surface area contributed by atoms with E-state index >= 15 is 0 Å². The molecule has 2 fully saturated rings. The normalized spacial score (nSPS) is 19.2. The van der Waals surface area contributed by atoms with E-state index in [2.05, 4.69) is 36.1 Å². The zero-order valence-electron chi connectivity index (χ0n) is 15.0. The van der Waals surface area contributed by atoms with Gasteiger partial charge in [-0.15, -0.1) is 0 Å². The molecule has 1 aliphatic heterocycles. The number of piperidine rings is 1. The summed E-state index contributed by atoms with van der Waals surface area (Å²) < 4.78 is 0.943. The molecule has 1 aliphatic carbocycles. The van der Waals surface area contributed by atoms with Gasteiger partial charge in [0.1, 0.15) is 5.52 Å². The van der Waals surface area contributed by atoms with Crippen LogP contribution in [0.1, 0.15) is 44.9 Å². The van der Waals surface area contributed by atoms with E-state index in [4.69, 9.17) is 0 Å². The number of halogens is 1. The Balaban J connectivity index is 1.35. The topological polar surface area (TPSA) is 58.1 Å². The van der Waals surface area contributed by atoms with Gasteiger partial charge in [-0.3, -0.25) is 14.8 Å². The molecule has 4 rings (SSSR count).